The molecule has 0 aliphatic rings. The molecule has 0 atom stereocenters. The second-order valence-electron chi connectivity index (χ2n) is 3.33. The molecule has 0 bridgehead atoms. The lowest BCUT2D eigenvalue weighted by molar-refractivity contribution is 0.196. The first kappa shape index (κ1) is 15.7. The highest BCUT2D eigenvalue weighted by molar-refractivity contribution is 9.10. The number of halogens is 1. The van der Waals surface area contributed by atoms with Crippen LogP contribution in [0.25, 0.3) is 0 Å². The number of benzene rings is 1. The van der Waals surface area contributed by atoms with Gasteiger partial charge in [0.1, 0.15) is 6.61 Å². The van der Waals surface area contributed by atoms with Gasteiger partial charge in [-0.05, 0) is 40.3 Å². The summed E-state index contributed by atoms with van der Waals surface area (Å²) in [5.41, 5.74) is 8.48. The van der Waals surface area contributed by atoms with Crippen LogP contribution in [0.3, 0.4) is 0 Å². The summed E-state index contributed by atoms with van der Waals surface area (Å²) < 4.78 is 11.3. The molecule has 0 radical (unpaired) electrons. The number of ether oxygens (including phenoxy) is 2. The fourth-order valence-electron chi connectivity index (χ4n) is 1.24. The number of rotatable bonds is 6. The van der Waals surface area contributed by atoms with Crippen LogP contribution in [0.2, 0.25) is 0 Å². The Balaban J connectivity index is 2.95. The Morgan fingerprint density at radius 2 is 2.32 bits per heavy atom. The molecule has 1 rings (SSSR count). The fourth-order valence-corrected chi connectivity index (χ4v) is 1.72. The Hall–Kier alpha value is -1.38. The summed E-state index contributed by atoms with van der Waals surface area (Å²) in [6.07, 6.45) is 1.54. The molecule has 104 valence electrons. The number of hydrazone groups is 1. The lowest BCUT2D eigenvalue weighted by Gasteiger charge is -2.11. The molecule has 1 aromatic carbocycles. The Bertz CT molecular complexity index is 482. The SMILES string of the molecule is COc1cc(C=NNC(N)=S)c(Br)cc1OCCO. The maximum Gasteiger partial charge on any atom is 0.184 e. The zero-order valence-corrected chi connectivity index (χ0v) is 12.6. The molecule has 4 N–H and O–H groups in total. The first-order chi connectivity index (χ1) is 9.08. The van der Waals surface area contributed by atoms with Gasteiger partial charge in [0.25, 0.3) is 0 Å². The topological polar surface area (TPSA) is 89.1 Å². The van der Waals surface area contributed by atoms with Crippen LogP contribution in [-0.2, 0) is 0 Å². The third-order valence-electron chi connectivity index (χ3n) is 2.01. The van der Waals surface area contributed by atoms with E-state index in [0.29, 0.717) is 11.5 Å². The van der Waals surface area contributed by atoms with Crippen LogP contribution in [0.15, 0.2) is 21.7 Å². The van der Waals surface area contributed by atoms with E-state index in [1.165, 1.54) is 7.11 Å². The molecule has 0 aliphatic heterocycles. The van der Waals surface area contributed by atoms with Gasteiger partial charge < -0.3 is 20.3 Å². The van der Waals surface area contributed by atoms with Crippen molar-refractivity contribution >= 4 is 39.5 Å². The van der Waals surface area contributed by atoms with Gasteiger partial charge in [-0.25, -0.2) is 0 Å². The molecule has 0 aromatic heterocycles. The van der Waals surface area contributed by atoms with Crippen molar-refractivity contribution in [1.82, 2.24) is 5.43 Å². The summed E-state index contributed by atoms with van der Waals surface area (Å²) in [6, 6.07) is 3.47. The molecule has 8 heteroatoms. The molecule has 0 fully saturated rings. The van der Waals surface area contributed by atoms with Gasteiger partial charge >= 0.3 is 0 Å². The molecule has 0 saturated heterocycles. The number of aliphatic hydroxyl groups excluding tert-OH is 1. The smallest absolute Gasteiger partial charge is 0.184 e. The Morgan fingerprint density at radius 1 is 1.58 bits per heavy atom. The van der Waals surface area contributed by atoms with E-state index in [4.69, 9.17) is 20.3 Å². The van der Waals surface area contributed by atoms with Gasteiger partial charge in [0.15, 0.2) is 16.6 Å². The number of aliphatic hydroxyl groups is 1. The minimum Gasteiger partial charge on any atom is -0.493 e. The van der Waals surface area contributed by atoms with Gasteiger partial charge in [0.05, 0.1) is 19.9 Å². The number of thiocarbonyl (C=S) groups is 1. The molecule has 0 unspecified atom stereocenters. The number of nitrogens with two attached hydrogens (primary N) is 1. The standard InChI is InChI=1S/C11H14BrN3O3S/c1-17-9-4-7(6-14-15-11(13)19)8(12)5-10(9)18-3-2-16/h4-6,16H,2-3H2,1H3,(H3,13,15,19). The highest BCUT2D eigenvalue weighted by Gasteiger charge is 2.09. The maximum atomic E-state index is 8.75. The van der Waals surface area contributed by atoms with Gasteiger partial charge in [-0.2, -0.15) is 5.10 Å². The second-order valence-corrected chi connectivity index (χ2v) is 4.63. The summed E-state index contributed by atoms with van der Waals surface area (Å²) in [4.78, 5) is 0. The molecule has 19 heavy (non-hydrogen) atoms. The van der Waals surface area contributed by atoms with Gasteiger partial charge in [-0.1, -0.05) is 0 Å². The molecule has 0 heterocycles. The lowest BCUT2D eigenvalue weighted by Crippen LogP contribution is -2.24. The van der Waals surface area contributed by atoms with E-state index in [1.54, 1.807) is 18.3 Å². The number of nitrogens with one attached hydrogen (secondary N) is 1. The van der Waals surface area contributed by atoms with Gasteiger partial charge in [-0.3, -0.25) is 5.43 Å². The quantitative estimate of drug-likeness (QED) is 0.404. The van der Waals surface area contributed by atoms with Crippen LogP contribution in [0.5, 0.6) is 11.5 Å². The second kappa shape index (κ2) is 7.93. The Labute approximate surface area is 124 Å². The van der Waals surface area contributed by atoms with Crippen molar-refractivity contribution in [3.63, 3.8) is 0 Å². The average molecular weight is 348 g/mol. The summed E-state index contributed by atoms with van der Waals surface area (Å²) in [6.45, 7) is 0.126. The molecule has 0 amide bonds. The average Bonchev–Trinajstić information content (AvgIpc) is 2.38. The Morgan fingerprint density at radius 3 is 2.89 bits per heavy atom. The molecular weight excluding hydrogens is 334 g/mol. The van der Waals surface area contributed by atoms with Gasteiger partial charge in [0.2, 0.25) is 0 Å². The Kier molecular flexibility index (Phi) is 6.54. The van der Waals surface area contributed by atoms with E-state index in [9.17, 15) is 0 Å². The fraction of sp³-hybridized carbons (Fsp3) is 0.273. The van der Waals surface area contributed by atoms with E-state index in [1.807, 2.05) is 0 Å². The lowest BCUT2D eigenvalue weighted by atomic mass is 10.2. The predicted molar refractivity (Wildman–Crippen MR) is 80.8 cm³/mol. The van der Waals surface area contributed by atoms with Crippen LogP contribution in [0, 0.1) is 0 Å². The van der Waals surface area contributed by atoms with Crippen LogP contribution in [0.1, 0.15) is 5.56 Å². The largest absolute Gasteiger partial charge is 0.493 e. The molecule has 0 spiro atoms. The van der Waals surface area contributed by atoms with E-state index < -0.39 is 0 Å². The molecule has 0 saturated carbocycles. The maximum absolute atomic E-state index is 8.75. The van der Waals surface area contributed by atoms with Crippen LogP contribution in [0.4, 0.5) is 0 Å². The van der Waals surface area contributed by atoms with Crippen molar-refractivity contribution in [3.05, 3.63) is 22.2 Å². The molecule has 1 aromatic rings. The molecule has 6 nitrogen and oxygen atoms in total. The summed E-state index contributed by atoms with van der Waals surface area (Å²) in [5.74, 6) is 1.07. The van der Waals surface area contributed by atoms with Crippen molar-refractivity contribution in [2.24, 2.45) is 10.8 Å². The van der Waals surface area contributed by atoms with E-state index in [2.05, 4.69) is 38.7 Å². The zero-order chi connectivity index (χ0) is 14.3. The third kappa shape index (κ3) is 5.01. The van der Waals surface area contributed by atoms with E-state index in [-0.39, 0.29) is 18.3 Å². The van der Waals surface area contributed by atoms with Crippen molar-refractivity contribution in [2.45, 2.75) is 0 Å². The van der Waals surface area contributed by atoms with Crippen LogP contribution >= 0.6 is 28.1 Å². The summed E-state index contributed by atoms with van der Waals surface area (Å²) >= 11 is 8.02. The van der Waals surface area contributed by atoms with Gasteiger partial charge in [-0.15, -0.1) is 0 Å². The number of nitrogens with zero attached hydrogens (tertiary/aromatic N) is 1. The van der Waals surface area contributed by atoms with Crippen LogP contribution in [-0.4, -0.2) is 36.8 Å². The monoisotopic (exact) mass is 347 g/mol. The van der Waals surface area contributed by atoms with Crippen molar-refractivity contribution in [1.29, 1.82) is 0 Å². The zero-order valence-electron chi connectivity index (χ0n) is 10.2. The van der Waals surface area contributed by atoms with Crippen molar-refractivity contribution in [3.8, 4) is 11.5 Å². The first-order valence-corrected chi connectivity index (χ1v) is 6.48. The third-order valence-corrected chi connectivity index (χ3v) is 2.79. The molecular formula is C11H14BrN3O3S. The minimum atomic E-state index is -0.0676. The molecule has 0 aliphatic carbocycles. The van der Waals surface area contributed by atoms with Gasteiger partial charge in [0, 0.05) is 10.0 Å². The van der Waals surface area contributed by atoms with Crippen molar-refractivity contribution < 1.29 is 14.6 Å². The van der Waals surface area contributed by atoms with Crippen LogP contribution < -0.4 is 20.6 Å². The first-order valence-electron chi connectivity index (χ1n) is 5.28. The number of hydrogen-bond acceptors (Lipinski definition) is 5. The van der Waals surface area contributed by atoms with E-state index >= 15 is 0 Å². The summed E-state index contributed by atoms with van der Waals surface area (Å²) in [7, 11) is 1.53. The van der Waals surface area contributed by atoms with Crippen molar-refractivity contribution in [2.75, 3.05) is 20.3 Å². The number of methoxy groups -OCH3 is 1. The number of hydrogen-bond donors (Lipinski definition) is 3. The minimum absolute atomic E-state index is 0.0676. The normalized spacial score (nSPS) is 10.5. The summed E-state index contributed by atoms with van der Waals surface area (Å²) in [5, 5.41) is 12.7. The predicted octanol–water partition coefficient (Wildman–Crippen LogP) is 0.996. The van der Waals surface area contributed by atoms with E-state index in [0.717, 1.165) is 10.0 Å². The highest BCUT2D eigenvalue weighted by atomic mass is 79.9. The highest BCUT2D eigenvalue weighted by Crippen LogP contribution is 2.32.